The zero-order valence-electron chi connectivity index (χ0n) is 9.94. The molecular formula is C13H10BrN3O. The summed E-state index contributed by atoms with van der Waals surface area (Å²) >= 11 is 3.46. The van der Waals surface area contributed by atoms with Crippen molar-refractivity contribution in [1.82, 2.24) is 4.98 Å². The molecule has 4 nitrogen and oxygen atoms in total. The number of anilines is 1. The van der Waals surface area contributed by atoms with E-state index in [2.05, 4.69) is 27.0 Å². The van der Waals surface area contributed by atoms with Crippen molar-refractivity contribution in [3.05, 3.63) is 33.9 Å². The second kappa shape index (κ2) is 4.75. The molecule has 1 aromatic heterocycles. The van der Waals surface area contributed by atoms with Crippen LogP contribution in [0.3, 0.4) is 0 Å². The van der Waals surface area contributed by atoms with Gasteiger partial charge in [0.1, 0.15) is 17.3 Å². The highest BCUT2D eigenvalue weighted by atomic mass is 79.9. The van der Waals surface area contributed by atoms with Gasteiger partial charge < -0.3 is 4.90 Å². The van der Waals surface area contributed by atoms with Gasteiger partial charge in [-0.1, -0.05) is 6.07 Å². The minimum absolute atomic E-state index is 0.325. The second-order valence-electron chi connectivity index (χ2n) is 4.01. The fraction of sp³-hybridized carbons (Fsp3) is 0.154. The van der Waals surface area contributed by atoms with Crippen molar-refractivity contribution < 1.29 is 4.79 Å². The topological polar surface area (TPSA) is 57.0 Å². The van der Waals surface area contributed by atoms with Gasteiger partial charge in [-0.25, -0.2) is 4.98 Å². The van der Waals surface area contributed by atoms with E-state index in [-0.39, 0.29) is 0 Å². The van der Waals surface area contributed by atoms with Crippen LogP contribution in [0.25, 0.3) is 10.9 Å². The Morgan fingerprint density at radius 2 is 2.17 bits per heavy atom. The highest BCUT2D eigenvalue weighted by Gasteiger charge is 2.15. The van der Waals surface area contributed by atoms with E-state index in [4.69, 9.17) is 0 Å². The summed E-state index contributed by atoms with van der Waals surface area (Å²) in [6.45, 7) is 0. The van der Waals surface area contributed by atoms with Gasteiger partial charge in [0.2, 0.25) is 0 Å². The molecule has 0 saturated carbocycles. The summed E-state index contributed by atoms with van der Waals surface area (Å²) in [5, 5.41) is 10.2. The highest BCUT2D eigenvalue weighted by molar-refractivity contribution is 9.10. The number of fused-ring (bicyclic) bond motifs is 1. The first-order chi connectivity index (χ1) is 8.58. The molecule has 0 N–H and O–H groups in total. The number of aromatic nitrogens is 1. The van der Waals surface area contributed by atoms with Gasteiger partial charge >= 0.3 is 0 Å². The fourth-order valence-corrected chi connectivity index (χ4v) is 2.65. The van der Waals surface area contributed by atoms with E-state index in [9.17, 15) is 10.1 Å². The Labute approximate surface area is 113 Å². The molecular weight excluding hydrogens is 294 g/mol. The molecule has 0 bridgehead atoms. The minimum Gasteiger partial charge on any atom is -0.376 e. The Balaban J connectivity index is 2.92. The SMILES string of the molecule is CN(C)c1c(Br)cc2ccc(C=O)nc2c1C#N. The van der Waals surface area contributed by atoms with Crippen LogP contribution in [0, 0.1) is 11.3 Å². The Morgan fingerprint density at radius 1 is 1.44 bits per heavy atom. The molecule has 0 aliphatic carbocycles. The molecule has 0 fully saturated rings. The van der Waals surface area contributed by atoms with Crippen molar-refractivity contribution in [1.29, 1.82) is 5.26 Å². The van der Waals surface area contributed by atoms with Crippen LogP contribution in [0.15, 0.2) is 22.7 Å². The lowest BCUT2D eigenvalue weighted by atomic mass is 10.1. The maximum absolute atomic E-state index is 10.8. The standard InChI is InChI=1S/C13H10BrN3O/c1-17(2)13-10(6-15)12-8(5-11(13)14)3-4-9(7-18)16-12/h3-5,7H,1-2H3. The summed E-state index contributed by atoms with van der Waals surface area (Å²) in [5.74, 6) is 0. The van der Waals surface area contributed by atoms with Crippen LogP contribution in [0.2, 0.25) is 0 Å². The van der Waals surface area contributed by atoms with E-state index >= 15 is 0 Å². The molecule has 0 radical (unpaired) electrons. The van der Waals surface area contributed by atoms with Crippen LogP contribution in [-0.4, -0.2) is 25.4 Å². The lowest BCUT2D eigenvalue weighted by molar-refractivity contribution is 0.111. The number of benzene rings is 1. The van der Waals surface area contributed by atoms with E-state index in [1.165, 1.54) is 0 Å². The largest absolute Gasteiger partial charge is 0.376 e. The highest BCUT2D eigenvalue weighted by Crippen LogP contribution is 2.34. The number of rotatable bonds is 2. The molecule has 2 aromatic rings. The van der Waals surface area contributed by atoms with E-state index in [1.807, 2.05) is 25.1 Å². The summed E-state index contributed by atoms with van der Waals surface area (Å²) in [6, 6.07) is 7.48. The molecule has 0 unspecified atom stereocenters. The Bertz CT molecular complexity index is 674. The van der Waals surface area contributed by atoms with Gasteiger partial charge in [-0.05, 0) is 28.1 Å². The molecule has 5 heteroatoms. The first kappa shape index (κ1) is 12.5. The second-order valence-corrected chi connectivity index (χ2v) is 4.87. The molecule has 1 heterocycles. The number of pyridine rings is 1. The fourth-order valence-electron chi connectivity index (χ4n) is 1.85. The Morgan fingerprint density at radius 3 is 2.72 bits per heavy atom. The van der Waals surface area contributed by atoms with Crippen LogP contribution in [-0.2, 0) is 0 Å². The minimum atomic E-state index is 0.325. The third-order valence-corrected chi connectivity index (χ3v) is 3.21. The number of aldehydes is 1. The number of halogens is 1. The predicted octanol–water partition coefficient (Wildman–Crippen LogP) is 2.75. The van der Waals surface area contributed by atoms with Crippen molar-refractivity contribution in [2.75, 3.05) is 19.0 Å². The quantitative estimate of drug-likeness (QED) is 0.801. The molecule has 0 amide bonds. The van der Waals surface area contributed by atoms with Gasteiger partial charge in [-0.15, -0.1) is 0 Å². The summed E-state index contributed by atoms with van der Waals surface area (Å²) in [5.41, 5.74) is 2.11. The number of hydrogen-bond acceptors (Lipinski definition) is 4. The van der Waals surface area contributed by atoms with Gasteiger partial charge in [0.15, 0.2) is 6.29 Å². The normalized spacial score (nSPS) is 10.1. The number of nitriles is 1. The van der Waals surface area contributed by atoms with Crippen molar-refractivity contribution in [3.8, 4) is 6.07 Å². The zero-order valence-corrected chi connectivity index (χ0v) is 11.5. The number of carbonyl (C=O) groups is 1. The maximum Gasteiger partial charge on any atom is 0.168 e. The molecule has 0 spiro atoms. The van der Waals surface area contributed by atoms with Gasteiger partial charge in [-0.3, -0.25) is 4.79 Å². The zero-order chi connectivity index (χ0) is 13.3. The number of nitrogens with zero attached hydrogens (tertiary/aromatic N) is 3. The predicted molar refractivity (Wildman–Crippen MR) is 73.9 cm³/mol. The molecule has 0 aliphatic rings. The first-order valence-electron chi connectivity index (χ1n) is 5.24. The Kier molecular flexibility index (Phi) is 3.30. The molecule has 0 atom stereocenters. The van der Waals surface area contributed by atoms with Gasteiger partial charge in [0.05, 0.1) is 11.2 Å². The smallest absolute Gasteiger partial charge is 0.168 e. The van der Waals surface area contributed by atoms with E-state index in [0.29, 0.717) is 23.1 Å². The van der Waals surface area contributed by atoms with Gasteiger partial charge in [0, 0.05) is 24.0 Å². The summed E-state index contributed by atoms with van der Waals surface area (Å²) in [4.78, 5) is 16.8. The summed E-state index contributed by atoms with van der Waals surface area (Å²) in [7, 11) is 3.71. The monoisotopic (exact) mass is 303 g/mol. The average Bonchev–Trinajstić information content (AvgIpc) is 2.36. The van der Waals surface area contributed by atoms with Crippen LogP contribution < -0.4 is 4.90 Å². The van der Waals surface area contributed by atoms with Gasteiger partial charge in [0.25, 0.3) is 0 Å². The summed E-state index contributed by atoms with van der Waals surface area (Å²) < 4.78 is 0.831. The maximum atomic E-state index is 10.8. The van der Waals surface area contributed by atoms with Crippen molar-refractivity contribution in [3.63, 3.8) is 0 Å². The molecule has 90 valence electrons. The molecule has 1 aromatic carbocycles. The molecule has 0 saturated heterocycles. The third-order valence-electron chi connectivity index (χ3n) is 2.61. The van der Waals surface area contributed by atoms with E-state index in [0.717, 1.165) is 15.5 Å². The van der Waals surface area contributed by atoms with E-state index in [1.54, 1.807) is 12.1 Å². The van der Waals surface area contributed by atoms with Crippen LogP contribution in [0.1, 0.15) is 16.1 Å². The van der Waals surface area contributed by atoms with E-state index < -0.39 is 0 Å². The van der Waals surface area contributed by atoms with Crippen LogP contribution in [0.5, 0.6) is 0 Å². The van der Waals surface area contributed by atoms with Crippen molar-refractivity contribution in [2.45, 2.75) is 0 Å². The third kappa shape index (κ3) is 1.95. The summed E-state index contributed by atoms with van der Waals surface area (Å²) in [6.07, 6.45) is 0.679. The molecule has 18 heavy (non-hydrogen) atoms. The van der Waals surface area contributed by atoms with Gasteiger partial charge in [-0.2, -0.15) is 5.26 Å². The number of hydrogen-bond donors (Lipinski definition) is 0. The molecule has 0 aliphatic heterocycles. The lowest BCUT2D eigenvalue weighted by Crippen LogP contribution is -2.12. The molecule has 2 rings (SSSR count). The van der Waals surface area contributed by atoms with Crippen molar-refractivity contribution >= 4 is 38.8 Å². The van der Waals surface area contributed by atoms with Crippen LogP contribution in [0.4, 0.5) is 5.69 Å². The van der Waals surface area contributed by atoms with Crippen molar-refractivity contribution in [2.24, 2.45) is 0 Å². The average molecular weight is 304 g/mol. The Hall–Kier alpha value is -1.93. The number of carbonyl (C=O) groups excluding carboxylic acids is 1. The first-order valence-corrected chi connectivity index (χ1v) is 6.03. The lowest BCUT2D eigenvalue weighted by Gasteiger charge is -2.17. The van der Waals surface area contributed by atoms with Crippen LogP contribution >= 0.6 is 15.9 Å².